The van der Waals surface area contributed by atoms with Crippen molar-refractivity contribution in [1.29, 1.82) is 0 Å². The van der Waals surface area contributed by atoms with E-state index in [1.807, 2.05) is 30.4 Å². The van der Waals surface area contributed by atoms with Crippen molar-refractivity contribution in [2.24, 2.45) is 0 Å². The molecule has 96 valence electrons. The fraction of sp³-hybridized carbons (Fsp3) is 0.231. The van der Waals surface area contributed by atoms with Crippen molar-refractivity contribution in [1.82, 2.24) is 0 Å². The van der Waals surface area contributed by atoms with E-state index >= 15 is 0 Å². The van der Waals surface area contributed by atoms with E-state index in [0.29, 0.717) is 6.42 Å². The summed E-state index contributed by atoms with van der Waals surface area (Å²) in [7, 11) is -4.41. The first kappa shape index (κ1) is 13.5. The molecule has 2 atom stereocenters. The Kier molecular flexibility index (Phi) is 4.00. The summed E-state index contributed by atoms with van der Waals surface area (Å²) in [4.78, 5) is 0. The highest BCUT2D eigenvalue weighted by molar-refractivity contribution is 7.86. The lowest BCUT2D eigenvalue weighted by molar-refractivity contribution is 0.474. The van der Waals surface area contributed by atoms with Crippen LogP contribution in [0.1, 0.15) is 6.42 Å². The normalized spacial score (nSPS) is 21.4. The van der Waals surface area contributed by atoms with Crippen molar-refractivity contribution in [2.75, 3.05) is 6.66 Å². The predicted octanol–water partition coefficient (Wildman–Crippen LogP) is 2.52. The van der Waals surface area contributed by atoms with Crippen LogP contribution in [-0.2, 0) is 10.1 Å². The SMILES string of the molecule is CP(C1=CCC(S(=O)(=O)O)C=C1)c1ccccc1. The highest BCUT2D eigenvalue weighted by Gasteiger charge is 2.22. The van der Waals surface area contributed by atoms with Crippen LogP contribution in [0.3, 0.4) is 0 Å². The molecule has 2 unspecified atom stereocenters. The molecule has 0 amide bonds. The van der Waals surface area contributed by atoms with Crippen LogP contribution in [0.15, 0.2) is 53.9 Å². The minimum atomic E-state index is -3.96. The average Bonchev–Trinajstić information content (AvgIpc) is 2.38. The smallest absolute Gasteiger partial charge is 0.271 e. The van der Waals surface area contributed by atoms with E-state index in [2.05, 4.69) is 18.8 Å². The van der Waals surface area contributed by atoms with Gasteiger partial charge in [0.1, 0.15) is 5.25 Å². The molecule has 1 aliphatic rings. The van der Waals surface area contributed by atoms with Gasteiger partial charge in [0.2, 0.25) is 0 Å². The Bertz CT molecular complexity index is 576. The highest BCUT2D eigenvalue weighted by atomic mass is 32.2. The van der Waals surface area contributed by atoms with Crippen LogP contribution >= 0.6 is 7.92 Å². The Balaban J connectivity index is 2.15. The molecule has 0 radical (unpaired) electrons. The minimum Gasteiger partial charge on any atom is -0.285 e. The van der Waals surface area contributed by atoms with Gasteiger partial charge in [0.05, 0.1) is 0 Å². The minimum absolute atomic E-state index is 0.351. The van der Waals surface area contributed by atoms with Crippen LogP contribution in [0.25, 0.3) is 0 Å². The number of rotatable bonds is 3. The van der Waals surface area contributed by atoms with Gasteiger partial charge in [-0.25, -0.2) is 0 Å². The van der Waals surface area contributed by atoms with Crippen molar-refractivity contribution < 1.29 is 13.0 Å². The molecule has 0 saturated carbocycles. The summed E-state index contributed by atoms with van der Waals surface area (Å²) in [5.41, 5.74) is 0. The second-order valence-electron chi connectivity index (χ2n) is 4.17. The lowest BCUT2D eigenvalue weighted by atomic mass is 10.2. The fourth-order valence-corrected chi connectivity index (χ4v) is 4.08. The zero-order valence-corrected chi connectivity index (χ0v) is 11.7. The third kappa shape index (κ3) is 3.08. The van der Waals surface area contributed by atoms with Gasteiger partial charge in [-0.2, -0.15) is 8.42 Å². The van der Waals surface area contributed by atoms with Crippen molar-refractivity contribution >= 4 is 23.3 Å². The second kappa shape index (κ2) is 5.35. The summed E-state index contributed by atoms with van der Waals surface area (Å²) < 4.78 is 31.0. The number of benzene rings is 1. The maximum absolute atomic E-state index is 11.0. The van der Waals surface area contributed by atoms with Crippen LogP contribution in [0.5, 0.6) is 0 Å². The Morgan fingerprint density at radius 2 is 1.94 bits per heavy atom. The van der Waals surface area contributed by atoms with Crippen molar-refractivity contribution in [3.63, 3.8) is 0 Å². The number of allylic oxidation sites excluding steroid dienone is 3. The van der Waals surface area contributed by atoms with Gasteiger partial charge in [-0.1, -0.05) is 48.6 Å². The summed E-state index contributed by atoms with van der Waals surface area (Å²) in [5, 5.41) is 1.62. The summed E-state index contributed by atoms with van der Waals surface area (Å²) in [5.74, 6) is 0. The fourth-order valence-electron chi connectivity index (χ4n) is 1.86. The van der Waals surface area contributed by atoms with E-state index in [0.717, 1.165) is 5.31 Å². The first-order chi connectivity index (χ1) is 8.48. The van der Waals surface area contributed by atoms with E-state index in [-0.39, 0.29) is 0 Å². The van der Waals surface area contributed by atoms with Gasteiger partial charge in [-0.15, -0.1) is 0 Å². The molecule has 0 saturated heterocycles. The van der Waals surface area contributed by atoms with Gasteiger partial charge in [-0.05, 0) is 31.6 Å². The maximum atomic E-state index is 11.0. The van der Waals surface area contributed by atoms with E-state index in [4.69, 9.17) is 4.55 Å². The molecule has 1 N–H and O–H groups in total. The Morgan fingerprint density at radius 1 is 1.28 bits per heavy atom. The van der Waals surface area contributed by atoms with Crippen LogP contribution in [0.2, 0.25) is 0 Å². The summed E-state index contributed by atoms with van der Waals surface area (Å²) in [6, 6.07) is 10.1. The standard InChI is InChI=1S/C13H15O3PS/c1-17(11-5-3-2-4-6-11)12-7-9-13(10-8-12)18(14,15)16/h2-9,13H,10H2,1H3,(H,14,15,16). The molecule has 0 aliphatic heterocycles. The molecule has 1 aromatic carbocycles. The molecule has 0 heterocycles. The molecular weight excluding hydrogens is 267 g/mol. The summed E-state index contributed by atoms with van der Waals surface area (Å²) >= 11 is 0. The molecule has 2 rings (SSSR count). The van der Waals surface area contributed by atoms with Gasteiger partial charge in [0.25, 0.3) is 10.1 Å². The van der Waals surface area contributed by atoms with E-state index < -0.39 is 23.3 Å². The lowest BCUT2D eigenvalue weighted by Crippen LogP contribution is -2.19. The quantitative estimate of drug-likeness (QED) is 0.684. The van der Waals surface area contributed by atoms with Crippen LogP contribution in [0.4, 0.5) is 0 Å². The molecule has 18 heavy (non-hydrogen) atoms. The third-order valence-electron chi connectivity index (χ3n) is 2.95. The largest absolute Gasteiger partial charge is 0.285 e. The third-order valence-corrected chi connectivity index (χ3v) is 6.25. The Labute approximate surface area is 109 Å². The molecule has 1 aromatic rings. The van der Waals surface area contributed by atoms with Gasteiger partial charge >= 0.3 is 0 Å². The van der Waals surface area contributed by atoms with Crippen molar-refractivity contribution in [3.8, 4) is 0 Å². The molecule has 0 fully saturated rings. The summed E-state index contributed by atoms with van der Waals surface area (Å²) in [6.07, 6.45) is 5.66. The second-order valence-corrected chi connectivity index (χ2v) is 7.96. The van der Waals surface area contributed by atoms with Gasteiger partial charge in [0.15, 0.2) is 0 Å². The van der Waals surface area contributed by atoms with Gasteiger partial charge in [0, 0.05) is 0 Å². The summed E-state index contributed by atoms with van der Waals surface area (Å²) in [6.45, 7) is 2.15. The lowest BCUT2D eigenvalue weighted by Gasteiger charge is -2.19. The molecule has 0 spiro atoms. The Morgan fingerprint density at radius 3 is 2.44 bits per heavy atom. The zero-order chi connectivity index (χ0) is 13.2. The van der Waals surface area contributed by atoms with Crippen LogP contribution in [-0.4, -0.2) is 24.9 Å². The topological polar surface area (TPSA) is 54.4 Å². The molecule has 3 nitrogen and oxygen atoms in total. The van der Waals surface area contributed by atoms with E-state index in [9.17, 15) is 8.42 Å². The van der Waals surface area contributed by atoms with Gasteiger partial charge in [-0.3, -0.25) is 4.55 Å². The van der Waals surface area contributed by atoms with Gasteiger partial charge < -0.3 is 0 Å². The molecular formula is C13H15O3PS. The van der Waals surface area contributed by atoms with Crippen LogP contribution in [0, 0.1) is 0 Å². The first-order valence-corrected chi connectivity index (χ1v) is 8.91. The highest BCUT2D eigenvalue weighted by Crippen LogP contribution is 2.42. The molecule has 5 heteroatoms. The zero-order valence-electron chi connectivity index (χ0n) is 10.0. The van der Waals surface area contributed by atoms with Crippen molar-refractivity contribution in [3.05, 3.63) is 53.9 Å². The van der Waals surface area contributed by atoms with E-state index in [1.165, 1.54) is 5.30 Å². The monoisotopic (exact) mass is 282 g/mol. The first-order valence-electron chi connectivity index (χ1n) is 5.62. The molecule has 1 aliphatic carbocycles. The molecule has 0 bridgehead atoms. The van der Waals surface area contributed by atoms with Crippen LogP contribution < -0.4 is 5.30 Å². The maximum Gasteiger partial charge on any atom is 0.271 e. The van der Waals surface area contributed by atoms with E-state index in [1.54, 1.807) is 6.08 Å². The molecule has 0 aromatic heterocycles. The predicted molar refractivity (Wildman–Crippen MR) is 76.1 cm³/mol. The number of hydrogen-bond donors (Lipinski definition) is 1. The average molecular weight is 282 g/mol. The van der Waals surface area contributed by atoms with Crippen molar-refractivity contribution in [2.45, 2.75) is 11.7 Å². The Hall–Kier alpha value is -0.960. The number of hydrogen-bond acceptors (Lipinski definition) is 2.